The average Bonchev–Trinajstić information content (AvgIpc) is 2.85. The maximum atomic E-state index is 5.06. The Kier molecular flexibility index (Phi) is 4.19. The van der Waals surface area contributed by atoms with E-state index in [4.69, 9.17) is 12.2 Å². The van der Waals surface area contributed by atoms with Gasteiger partial charge in [-0.05, 0) is 12.1 Å². The van der Waals surface area contributed by atoms with Crippen LogP contribution in [0.5, 0.6) is 0 Å². The summed E-state index contributed by atoms with van der Waals surface area (Å²) in [6.07, 6.45) is 1.56. The van der Waals surface area contributed by atoms with E-state index in [0.29, 0.717) is 15.2 Å². The number of hydrogen-bond donors (Lipinski definition) is 1. The van der Waals surface area contributed by atoms with E-state index in [1.807, 2.05) is 18.2 Å². The van der Waals surface area contributed by atoms with Crippen LogP contribution < -0.4 is 0 Å². The molecule has 0 radical (unpaired) electrons. The predicted octanol–water partition coefficient (Wildman–Crippen LogP) is 3.30. The fourth-order valence-electron chi connectivity index (χ4n) is 1.21. The van der Waals surface area contributed by atoms with Gasteiger partial charge < -0.3 is 4.98 Å². The first-order valence-electron chi connectivity index (χ1n) is 4.90. The van der Waals surface area contributed by atoms with Crippen molar-refractivity contribution in [1.29, 1.82) is 0 Å². The Bertz CT molecular complexity index is 669. The maximum absolute atomic E-state index is 5.06. The third kappa shape index (κ3) is 3.00. The first-order chi connectivity index (χ1) is 8.70. The van der Waals surface area contributed by atoms with Gasteiger partial charge in [-0.25, -0.2) is 0 Å². The molecule has 2 aromatic rings. The lowest BCUT2D eigenvalue weighted by molar-refractivity contribution is 1.07. The second-order valence-electron chi connectivity index (χ2n) is 3.25. The summed E-state index contributed by atoms with van der Waals surface area (Å²) in [5, 5.41) is 9.60. The largest absolute Gasteiger partial charge is 0.344 e. The summed E-state index contributed by atoms with van der Waals surface area (Å²) in [7, 11) is 0. The molecule has 0 saturated heterocycles. The highest BCUT2D eigenvalue weighted by Gasteiger charge is 2.08. The quantitative estimate of drug-likeness (QED) is 0.694. The molecular weight excluding hydrogens is 284 g/mol. The highest BCUT2D eigenvalue weighted by Crippen LogP contribution is 2.24. The summed E-state index contributed by atoms with van der Waals surface area (Å²) in [5.74, 6) is 0. The number of aromatic amines is 1. The highest BCUT2D eigenvalue weighted by molar-refractivity contribution is 7.78. The third-order valence-corrected chi connectivity index (χ3v) is 3.38. The summed E-state index contributed by atoms with van der Waals surface area (Å²) < 4.78 is 0.658. The van der Waals surface area contributed by atoms with E-state index in [1.165, 1.54) is 16.8 Å². The number of aromatic nitrogens is 3. The molecule has 0 aliphatic carbocycles. The van der Waals surface area contributed by atoms with Crippen LogP contribution in [0.2, 0.25) is 0 Å². The molecule has 0 unspecified atom stereocenters. The highest BCUT2D eigenvalue weighted by atomic mass is 32.1. The van der Waals surface area contributed by atoms with Gasteiger partial charge >= 0.3 is 0 Å². The summed E-state index contributed by atoms with van der Waals surface area (Å²) in [6.45, 7) is 3.85. The van der Waals surface area contributed by atoms with E-state index in [2.05, 4.69) is 39.0 Å². The van der Waals surface area contributed by atoms with Crippen LogP contribution in [-0.4, -0.2) is 26.9 Å². The zero-order chi connectivity index (χ0) is 13.0. The minimum absolute atomic E-state index is 0.658. The Morgan fingerprint density at radius 1 is 1.44 bits per heavy atom. The van der Waals surface area contributed by atoms with Crippen molar-refractivity contribution in [1.82, 2.24) is 15.2 Å². The summed E-state index contributed by atoms with van der Waals surface area (Å²) in [4.78, 5) is 6.88. The molecule has 18 heavy (non-hydrogen) atoms. The van der Waals surface area contributed by atoms with Crippen molar-refractivity contribution >= 4 is 53.1 Å². The Morgan fingerprint density at radius 2 is 2.28 bits per heavy atom. The van der Waals surface area contributed by atoms with Crippen LogP contribution >= 0.6 is 35.8 Å². The fourth-order valence-corrected chi connectivity index (χ4v) is 2.22. The smallest absolute Gasteiger partial charge is 0.164 e. The minimum Gasteiger partial charge on any atom is -0.344 e. The predicted molar refractivity (Wildman–Crippen MR) is 81.7 cm³/mol. The van der Waals surface area contributed by atoms with E-state index >= 15 is 0 Å². The van der Waals surface area contributed by atoms with E-state index in [0.717, 1.165) is 10.7 Å². The molecule has 0 bridgehead atoms. The second-order valence-corrected chi connectivity index (χ2v) is 4.88. The van der Waals surface area contributed by atoms with Crippen LogP contribution in [0.4, 0.5) is 0 Å². The lowest BCUT2D eigenvalue weighted by atomic mass is 10.3. The van der Waals surface area contributed by atoms with Gasteiger partial charge in [-0.15, -0.1) is 10.2 Å². The minimum atomic E-state index is 0.658. The van der Waals surface area contributed by atoms with Crippen molar-refractivity contribution in [2.24, 2.45) is 4.99 Å². The fraction of sp³-hybridized carbons (Fsp3) is 0. The molecule has 0 saturated carbocycles. The van der Waals surface area contributed by atoms with E-state index < -0.39 is 0 Å². The number of hydrogen-bond acceptors (Lipinski definition) is 5. The van der Waals surface area contributed by atoms with Crippen LogP contribution in [0.25, 0.3) is 16.3 Å². The summed E-state index contributed by atoms with van der Waals surface area (Å²) >= 11 is 11.1. The van der Waals surface area contributed by atoms with Gasteiger partial charge in [0, 0.05) is 11.8 Å². The van der Waals surface area contributed by atoms with Crippen molar-refractivity contribution in [3.63, 3.8) is 0 Å². The number of rotatable bonds is 4. The number of nitrogens with zero attached hydrogens (tertiary/aromatic N) is 3. The standard InChI is InChI=1S/C11H8N4S3/c1-7(5-12-6-16)10-14-15-11(18-10)8-3-2-4-9(17)13-8/h2-6H,1H2,(H,13,17). The van der Waals surface area contributed by atoms with Gasteiger partial charge in [0.15, 0.2) is 5.01 Å². The number of allylic oxidation sites excluding steroid dienone is 1. The molecule has 4 nitrogen and oxygen atoms in total. The molecule has 0 aliphatic rings. The molecule has 1 N–H and O–H groups in total. The topological polar surface area (TPSA) is 53.9 Å². The van der Waals surface area contributed by atoms with Gasteiger partial charge in [-0.3, -0.25) is 4.99 Å². The Hall–Kier alpha value is -1.57. The number of aliphatic imine (C=N–C) groups is 1. The lowest BCUT2D eigenvalue weighted by Gasteiger charge is -1.93. The Labute approximate surface area is 118 Å². The van der Waals surface area contributed by atoms with Gasteiger partial charge in [0.2, 0.25) is 0 Å². The van der Waals surface area contributed by atoms with Crippen molar-refractivity contribution in [2.75, 3.05) is 0 Å². The number of pyridine rings is 1. The van der Waals surface area contributed by atoms with E-state index in [9.17, 15) is 0 Å². The van der Waals surface area contributed by atoms with E-state index in [-0.39, 0.29) is 0 Å². The molecule has 7 heteroatoms. The molecular formula is C11H8N4S3. The molecule has 0 atom stereocenters. The molecule has 2 heterocycles. The molecule has 0 fully saturated rings. The monoisotopic (exact) mass is 292 g/mol. The molecule has 2 rings (SSSR count). The van der Waals surface area contributed by atoms with Crippen molar-refractivity contribution in [3.8, 4) is 10.7 Å². The van der Waals surface area contributed by atoms with Gasteiger partial charge in [0.1, 0.15) is 9.65 Å². The van der Waals surface area contributed by atoms with Gasteiger partial charge in [-0.1, -0.05) is 48.4 Å². The summed E-state index contributed by atoms with van der Waals surface area (Å²) in [5.41, 5.74) is 2.79. The van der Waals surface area contributed by atoms with Crippen LogP contribution in [0, 0.1) is 4.64 Å². The third-order valence-electron chi connectivity index (χ3n) is 1.99. The maximum Gasteiger partial charge on any atom is 0.164 e. The van der Waals surface area contributed by atoms with Gasteiger partial charge in [0.25, 0.3) is 0 Å². The van der Waals surface area contributed by atoms with Crippen molar-refractivity contribution in [2.45, 2.75) is 0 Å². The van der Waals surface area contributed by atoms with Crippen LogP contribution in [0.15, 0.2) is 29.8 Å². The first kappa shape index (κ1) is 12.9. The number of thiocarbonyl (C=S) groups is 1. The first-order valence-corrected chi connectivity index (χ1v) is 6.59. The number of nitrogens with one attached hydrogen (secondary N) is 1. The summed E-state index contributed by atoms with van der Waals surface area (Å²) in [6, 6.07) is 5.58. The normalized spacial score (nSPS) is 10.7. The van der Waals surface area contributed by atoms with E-state index in [1.54, 1.807) is 6.21 Å². The number of H-pyrrole nitrogens is 1. The van der Waals surface area contributed by atoms with Gasteiger partial charge in [-0.2, -0.15) is 0 Å². The van der Waals surface area contributed by atoms with Crippen LogP contribution in [0.3, 0.4) is 0 Å². The SMILES string of the molecule is C=C(C=NC=S)c1nnc(-c2cccc(=S)[nH]2)s1. The molecule has 90 valence electrons. The average molecular weight is 292 g/mol. The van der Waals surface area contributed by atoms with Crippen molar-refractivity contribution < 1.29 is 0 Å². The molecule has 2 aromatic heterocycles. The Balaban J connectivity index is 2.31. The molecule has 0 amide bonds. The molecule has 0 aliphatic heterocycles. The Morgan fingerprint density at radius 3 is 3.00 bits per heavy atom. The second kappa shape index (κ2) is 5.85. The van der Waals surface area contributed by atoms with Crippen LogP contribution in [0.1, 0.15) is 5.01 Å². The van der Waals surface area contributed by atoms with Crippen molar-refractivity contribution in [3.05, 3.63) is 34.4 Å². The van der Waals surface area contributed by atoms with Gasteiger partial charge in [0.05, 0.1) is 11.2 Å². The van der Waals surface area contributed by atoms with Crippen LogP contribution in [-0.2, 0) is 0 Å². The lowest BCUT2D eigenvalue weighted by Crippen LogP contribution is -1.83. The molecule has 0 spiro atoms. The zero-order valence-corrected chi connectivity index (χ0v) is 11.6. The zero-order valence-electron chi connectivity index (χ0n) is 9.16. The molecule has 0 aromatic carbocycles.